The van der Waals surface area contributed by atoms with Gasteiger partial charge in [0.25, 0.3) is 0 Å². The lowest BCUT2D eigenvalue weighted by atomic mass is 9.80. The Bertz CT molecular complexity index is 2450. The van der Waals surface area contributed by atoms with Crippen molar-refractivity contribution in [1.82, 2.24) is 0 Å². The number of benzene rings is 6. The van der Waals surface area contributed by atoms with Crippen LogP contribution in [0.1, 0.15) is 22.3 Å². The van der Waals surface area contributed by atoms with Crippen molar-refractivity contribution < 1.29 is 75.6 Å². The summed E-state index contributed by atoms with van der Waals surface area (Å²) in [6.07, 6.45) is 0. The zero-order valence-corrected chi connectivity index (χ0v) is 30.6. The maximum atomic E-state index is 14.3. The predicted molar refractivity (Wildman–Crippen MR) is 213 cm³/mol. The van der Waals surface area contributed by atoms with Crippen LogP contribution in [0.4, 0.5) is 53.0 Å². The van der Waals surface area contributed by atoms with E-state index in [2.05, 4.69) is 4.18 Å². The molecule has 0 saturated heterocycles. The Morgan fingerprint density at radius 2 is 0.836 bits per heavy atom. The summed E-state index contributed by atoms with van der Waals surface area (Å²) in [5.41, 5.74) is -3.93. The van der Waals surface area contributed by atoms with Gasteiger partial charge in [-0.05, 0) is 100 Å². The van der Waals surface area contributed by atoms with E-state index in [0.717, 1.165) is 29.8 Å². The van der Waals surface area contributed by atoms with Crippen LogP contribution in [0.3, 0.4) is 0 Å². The Morgan fingerprint density at radius 1 is 0.492 bits per heavy atom. The van der Waals surface area contributed by atoms with Crippen molar-refractivity contribution in [3.8, 4) is 39.1 Å². The van der Waals surface area contributed by atoms with Crippen molar-refractivity contribution in [2.75, 3.05) is 0 Å². The fourth-order valence-electron chi connectivity index (χ4n) is 4.56. The highest BCUT2D eigenvalue weighted by atomic mass is 35.5. The molecule has 330 valence electrons. The Labute approximate surface area is 353 Å². The SMILES string of the molecule is C.C.C.F.Fc1cc(-c2ccc(Cl)cc2)ccc1-c1cc(F)c(F)c(F)c1.O=S(=O)(Oc1ccc(-c2ccc(Cl)cc2)cc1F)C(F)(F)F.OB(O)c1cc(F)c(F)c(F)c1. The van der Waals surface area contributed by atoms with Gasteiger partial charge in [0.05, 0.1) is 0 Å². The summed E-state index contributed by atoms with van der Waals surface area (Å²) < 4.78 is 167. The van der Waals surface area contributed by atoms with Crippen molar-refractivity contribution in [2.24, 2.45) is 0 Å². The van der Waals surface area contributed by atoms with Crippen LogP contribution >= 0.6 is 23.2 Å². The molecule has 0 unspecified atom stereocenters. The summed E-state index contributed by atoms with van der Waals surface area (Å²) in [5, 5.41) is 17.9. The Kier molecular flexibility index (Phi) is 21.2. The second kappa shape index (κ2) is 23.1. The van der Waals surface area contributed by atoms with Crippen molar-refractivity contribution in [2.45, 2.75) is 27.8 Å². The molecular formula is C40H33BCl2F12O5S. The third-order valence-corrected chi connectivity index (χ3v) is 8.81. The smallest absolute Gasteiger partial charge is 0.423 e. The highest BCUT2D eigenvalue weighted by molar-refractivity contribution is 7.88. The molecule has 0 aliphatic carbocycles. The second-order valence-electron chi connectivity index (χ2n) is 11.3. The highest BCUT2D eigenvalue weighted by Crippen LogP contribution is 2.32. The lowest BCUT2D eigenvalue weighted by Gasteiger charge is -2.11. The van der Waals surface area contributed by atoms with Gasteiger partial charge in [0.2, 0.25) is 0 Å². The van der Waals surface area contributed by atoms with E-state index in [-0.39, 0.29) is 38.1 Å². The first kappa shape index (κ1) is 55.8. The molecule has 0 amide bonds. The molecule has 5 nitrogen and oxygen atoms in total. The standard InChI is InChI=1S/C18H9ClF4.C13H7ClF4O3S.C6H4BF3O2.3CH4.FH/c19-13-4-1-10(2-5-13)11-3-6-14(15(20)7-11)12-8-16(21)18(23)17(22)9-12;14-10-4-1-8(2-5-10)9-3-6-12(11(15)7-9)21-22(19,20)13(16,17)18;8-4-1-3(7(11)12)2-5(9)6(4)10;;;;/h1-9H;1-7H;1-2,11-12H;3*1H4;1H. The van der Waals surface area contributed by atoms with Crippen LogP contribution in [-0.2, 0) is 10.1 Å². The van der Waals surface area contributed by atoms with Gasteiger partial charge < -0.3 is 14.2 Å². The van der Waals surface area contributed by atoms with Gasteiger partial charge in [-0.1, -0.05) is 87.9 Å². The third-order valence-electron chi connectivity index (χ3n) is 7.34. The third kappa shape index (κ3) is 14.5. The van der Waals surface area contributed by atoms with E-state index in [0.29, 0.717) is 38.9 Å². The molecule has 0 aliphatic rings. The quantitative estimate of drug-likeness (QED) is 0.0571. The van der Waals surface area contributed by atoms with Gasteiger partial charge >= 0.3 is 22.7 Å². The van der Waals surface area contributed by atoms with Crippen LogP contribution in [0.15, 0.2) is 109 Å². The highest BCUT2D eigenvalue weighted by Gasteiger charge is 2.49. The number of hydrogen-bond acceptors (Lipinski definition) is 5. The van der Waals surface area contributed by atoms with Gasteiger partial charge in [-0.15, -0.1) is 0 Å². The lowest BCUT2D eigenvalue weighted by molar-refractivity contribution is -0.0501. The molecule has 0 aromatic heterocycles. The van der Waals surface area contributed by atoms with Crippen LogP contribution < -0.4 is 9.65 Å². The summed E-state index contributed by atoms with van der Waals surface area (Å²) >= 11 is 11.5. The van der Waals surface area contributed by atoms with Crippen LogP contribution in [0.5, 0.6) is 5.75 Å². The molecule has 0 bridgehead atoms. The zero-order chi connectivity index (χ0) is 42.4. The Balaban J connectivity index is 0.000000896. The van der Waals surface area contributed by atoms with Crippen LogP contribution in [-0.4, -0.2) is 31.1 Å². The first-order valence-electron chi connectivity index (χ1n) is 15.3. The van der Waals surface area contributed by atoms with Gasteiger partial charge in [-0.3, -0.25) is 4.70 Å². The minimum absolute atomic E-state index is 0. The van der Waals surface area contributed by atoms with Crippen LogP contribution in [0, 0.1) is 46.5 Å². The van der Waals surface area contributed by atoms with E-state index in [9.17, 15) is 56.7 Å². The number of halogens is 14. The molecule has 0 saturated carbocycles. The number of rotatable bonds is 6. The van der Waals surface area contributed by atoms with Crippen molar-refractivity contribution in [3.05, 3.63) is 166 Å². The molecule has 0 spiro atoms. The molecule has 0 aliphatic heterocycles. The molecule has 0 atom stereocenters. The van der Waals surface area contributed by atoms with Gasteiger partial charge in [-0.25, -0.2) is 35.1 Å². The van der Waals surface area contributed by atoms with E-state index < -0.39 is 80.5 Å². The first-order chi connectivity index (χ1) is 26.6. The second-order valence-corrected chi connectivity index (χ2v) is 13.7. The fraction of sp³-hybridized carbons (Fsp3) is 0.100. The molecule has 6 aromatic carbocycles. The summed E-state index contributed by atoms with van der Waals surface area (Å²) in [4.78, 5) is 0. The Hall–Kier alpha value is -5.21. The van der Waals surface area contributed by atoms with E-state index in [1.165, 1.54) is 18.2 Å². The predicted octanol–water partition coefficient (Wildman–Crippen LogP) is 12.4. The molecule has 0 radical (unpaired) electrons. The Morgan fingerprint density at radius 3 is 1.20 bits per heavy atom. The lowest BCUT2D eigenvalue weighted by Crippen LogP contribution is -2.30. The molecule has 0 heterocycles. The van der Waals surface area contributed by atoms with E-state index in [1.54, 1.807) is 54.6 Å². The topological polar surface area (TPSA) is 83.8 Å². The van der Waals surface area contributed by atoms with E-state index >= 15 is 0 Å². The monoisotopic (exact) mass is 934 g/mol. The maximum Gasteiger partial charge on any atom is 0.534 e. The van der Waals surface area contributed by atoms with Crippen molar-refractivity contribution >= 4 is 45.9 Å². The largest absolute Gasteiger partial charge is 0.534 e. The van der Waals surface area contributed by atoms with Gasteiger partial charge in [-0.2, -0.15) is 21.6 Å². The maximum absolute atomic E-state index is 14.3. The molecular weight excluding hydrogens is 902 g/mol. The summed E-state index contributed by atoms with van der Waals surface area (Å²) in [6, 6.07) is 22.8. The summed E-state index contributed by atoms with van der Waals surface area (Å²) in [6.45, 7) is 0. The minimum atomic E-state index is -5.91. The van der Waals surface area contributed by atoms with Crippen LogP contribution in [0.2, 0.25) is 10.0 Å². The average Bonchev–Trinajstić information content (AvgIpc) is 3.14. The normalized spacial score (nSPS) is 10.5. The zero-order valence-electron chi connectivity index (χ0n) is 28.3. The molecule has 0 fully saturated rings. The first-order valence-corrected chi connectivity index (χ1v) is 17.5. The van der Waals surface area contributed by atoms with Crippen LogP contribution in [0.25, 0.3) is 33.4 Å². The van der Waals surface area contributed by atoms with Gasteiger partial charge in [0.1, 0.15) is 5.82 Å². The molecule has 21 heteroatoms. The minimum Gasteiger partial charge on any atom is -0.423 e. The molecule has 2 N–H and O–H groups in total. The summed E-state index contributed by atoms with van der Waals surface area (Å²) in [5.74, 6) is -11.7. The summed E-state index contributed by atoms with van der Waals surface area (Å²) in [7, 11) is -7.92. The van der Waals surface area contributed by atoms with E-state index in [1.807, 2.05) is 0 Å². The molecule has 61 heavy (non-hydrogen) atoms. The fourth-order valence-corrected chi connectivity index (χ4v) is 5.28. The van der Waals surface area contributed by atoms with Crippen molar-refractivity contribution in [3.63, 3.8) is 0 Å². The van der Waals surface area contributed by atoms with Gasteiger partial charge in [0.15, 0.2) is 46.5 Å². The number of hydrogen-bond donors (Lipinski definition) is 2. The number of alkyl halides is 3. The van der Waals surface area contributed by atoms with E-state index in [4.69, 9.17) is 33.2 Å². The average molecular weight is 935 g/mol. The van der Waals surface area contributed by atoms with Crippen molar-refractivity contribution in [1.29, 1.82) is 0 Å². The molecule has 6 rings (SSSR count). The molecule has 6 aromatic rings. The van der Waals surface area contributed by atoms with Gasteiger partial charge in [0, 0.05) is 15.6 Å².